The number of likely N-dealkylation sites (N-methyl/N-ethyl adjacent to an activating group) is 1. The number of halogens is 3. The van der Waals surface area contributed by atoms with Crippen LogP contribution in [0.1, 0.15) is 54.9 Å². The van der Waals surface area contributed by atoms with E-state index in [1.807, 2.05) is 6.92 Å². The van der Waals surface area contributed by atoms with Crippen LogP contribution in [-0.4, -0.2) is 53.6 Å². The average Bonchev–Trinajstić information content (AvgIpc) is 3.04. The Bertz CT molecular complexity index is 744. The largest absolute Gasteiger partial charge is 0.416 e. The summed E-state index contributed by atoms with van der Waals surface area (Å²) in [4.78, 5) is 29.1. The number of carbonyl (C=O) groups is 2. The number of amides is 2. The quantitative estimate of drug-likeness (QED) is 0.780. The minimum atomic E-state index is -4.54. The molecule has 1 atom stereocenters. The molecule has 5 nitrogen and oxygen atoms in total. The van der Waals surface area contributed by atoms with Gasteiger partial charge in [0.1, 0.15) is 11.8 Å². The fourth-order valence-corrected chi connectivity index (χ4v) is 4.04. The van der Waals surface area contributed by atoms with E-state index in [4.69, 9.17) is 4.74 Å². The summed E-state index contributed by atoms with van der Waals surface area (Å²) >= 11 is 0. The molecule has 0 radical (unpaired) electrons. The van der Waals surface area contributed by atoms with Gasteiger partial charge in [-0.1, -0.05) is 12.5 Å². The minimum absolute atomic E-state index is 0.0634. The summed E-state index contributed by atoms with van der Waals surface area (Å²) in [5.74, 6) is -0.848. The molecule has 28 heavy (non-hydrogen) atoms. The van der Waals surface area contributed by atoms with Crippen LogP contribution in [0, 0.1) is 0 Å². The topological polar surface area (TPSA) is 49.9 Å². The van der Waals surface area contributed by atoms with Crippen LogP contribution in [0.15, 0.2) is 24.3 Å². The molecule has 2 amide bonds. The van der Waals surface area contributed by atoms with Crippen molar-refractivity contribution in [3.8, 4) is 0 Å². The Morgan fingerprint density at radius 3 is 2.54 bits per heavy atom. The molecule has 1 aromatic carbocycles. The first-order valence-electron chi connectivity index (χ1n) is 9.59. The second kappa shape index (κ2) is 7.73. The zero-order valence-electron chi connectivity index (χ0n) is 16.1. The second-order valence-electron chi connectivity index (χ2n) is 7.44. The zero-order valence-corrected chi connectivity index (χ0v) is 16.1. The fraction of sp³-hybridized carbons (Fsp3) is 0.600. The fourth-order valence-electron chi connectivity index (χ4n) is 4.04. The Kier molecular flexibility index (Phi) is 5.70. The lowest BCUT2D eigenvalue weighted by molar-refractivity contribution is -0.138. The highest BCUT2D eigenvalue weighted by molar-refractivity contribution is 5.98. The summed E-state index contributed by atoms with van der Waals surface area (Å²) in [5.41, 5.74) is -1.88. The highest BCUT2D eigenvalue weighted by atomic mass is 19.4. The van der Waals surface area contributed by atoms with Crippen molar-refractivity contribution in [2.24, 2.45) is 0 Å². The Morgan fingerprint density at radius 1 is 1.25 bits per heavy atom. The number of ether oxygens (including phenoxy) is 1. The van der Waals surface area contributed by atoms with Crippen LogP contribution >= 0.6 is 0 Å². The molecule has 3 rings (SSSR count). The van der Waals surface area contributed by atoms with Gasteiger partial charge in [0.05, 0.1) is 12.2 Å². The Balaban J connectivity index is 1.99. The van der Waals surface area contributed by atoms with E-state index in [0.717, 1.165) is 31.4 Å². The molecule has 0 bridgehead atoms. The van der Waals surface area contributed by atoms with Crippen molar-refractivity contribution in [2.75, 3.05) is 20.2 Å². The van der Waals surface area contributed by atoms with E-state index in [9.17, 15) is 22.8 Å². The van der Waals surface area contributed by atoms with Gasteiger partial charge in [-0.3, -0.25) is 14.5 Å². The van der Waals surface area contributed by atoms with Crippen molar-refractivity contribution >= 4 is 11.8 Å². The van der Waals surface area contributed by atoms with Crippen molar-refractivity contribution in [2.45, 2.75) is 57.0 Å². The van der Waals surface area contributed by atoms with E-state index in [1.165, 1.54) is 21.9 Å². The monoisotopic (exact) mass is 398 g/mol. The Hall–Kier alpha value is -2.09. The lowest BCUT2D eigenvalue weighted by Gasteiger charge is -2.42. The van der Waals surface area contributed by atoms with E-state index < -0.39 is 29.4 Å². The molecule has 154 valence electrons. The zero-order chi connectivity index (χ0) is 20.5. The molecule has 1 aliphatic carbocycles. The average molecular weight is 398 g/mol. The highest BCUT2D eigenvalue weighted by Crippen LogP contribution is 2.42. The van der Waals surface area contributed by atoms with E-state index >= 15 is 0 Å². The molecule has 1 saturated carbocycles. The third-order valence-corrected chi connectivity index (χ3v) is 5.69. The molecule has 2 aliphatic rings. The molecule has 1 saturated heterocycles. The van der Waals surface area contributed by atoms with E-state index in [1.54, 1.807) is 7.05 Å². The maximum absolute atomic E-state index is 13.3. The van der Waals surface area contributed by atoms with E-state index in [2.05, 4.69) is 0 Å². The molecule has 0 aromatic heterocycles. The lowest BCUT2D eigenvalue weighted by atomic mass is 9.89. The van der Waals surface area contributed by atoms with Gasteiger partial charge in [0.15, 0.2) is 0 Å². The van der Waals surface area contributed by atoms with Crippen molar-refractivity contribution in [1.29, 1.82) is 0 Å². The smallest absolute Gasteiger partial charge is 0.353 e. The van der Waals surface area contributed by atoms with Gasteiger partial charge >= 0.3 is 6.18 Å². The predicted molar refractivity (Wildman–Crippen MR) is 96.5 cm³/mol. The third kappa shape index (κ3) is 3.74. The molecule has 1 aliphatic heterocycles. The van der Waals surface area contributed by atoms with Crippen LogP contribution in [0.5, 0.6) is 0 Å². The van der Waals surface area contributed by atoms with Crippen LogP contribution in [-0.2, 0) is 15.7 Å². The first-order chi connectivity index (χ1) is 13.2. The van der Waals surface area contributed by atoms with Crippen LogP contribution in [0.25, 0.3) is 0 Å². The lowest BCUT2D eigenvalue weighted by Crippen LogP contribution is -2.56. The summed E-state index contributed by atoms with van der Waals surface area (Å²) in [6.45, 7) is 2.35. The van der Waals surface area contributed by atoms with Gasteiger partial charge < -0.3 is 9.64 Å². The van der Waals surface area contributed by atoms with Gasteiger partial charge in [0, 0.05) is 19.2 Å². The van der Waals surface area contributed by atoms with Crippen molar-refractivity contribution in [1.82, 2.24) is 9.80 Å². The van der Waals surface area contributed by atoms with Crippen LogP contribution < -0.4 is 0 Å². The number of benzene rings is 1. The second-order valence-corrected chi connectivity index (χ2v) is 7.44. The summed E-state index contributed by atoms with van der Waals surface area (Å²) in [6.07, 6.45) is -0.690. The van der Waals surface area contributed by atoms with Gasteiger partial charge in [0.25, 0.3) is 5.91 Å². The van der Waals surface area contributed by atoms with Gasteiger partial charge in [-0.2, -0.15) is 13.2 Å². The van der Waals surface area contributed by atoms with E-state index in [0.29, 0.717) is 19.4 Å². The number of nitrogens with zero attached hydrogens (tertiary/aromatic N) is 2. The Labute approximate surface area is 162 Å². The van der Waals surface area contributed by atoms with Gasteiger partial charge in [-0.15, -0.1) is 0 Å². The SMILES string of the molecule is CCN(C)C(=O)[C@H]1COC2(CCCCC2)N1C(=O)c1cccc(C(F)(F)F)c1. The van der Waals surface area contributed by atoms with Gasteiger partial charge in [-0.25, -0.2) is 0 Å². The molecular formula is C20H25F3N2O3. The highest BCUT2D eigenvalue weighted by Gasteiger charge is 2.53. The maximum atomic E-state index is 13.3. The summed E-state index contributed by atoms with van der Waals surface area (Å²) in [6, 6.07) is 3.53. The normalized spacial score (nSPS) is 21.8. The third-order valence-electron chi connectivity index (χ3n) is 5.69. The molecule has 0 unspecified atom stereocenters. The van der Waals surface area contributed by atoms with Crippen LogP contribution in [0.3, 0.4) is 0 Å². The molecule has 8 heteroatoms. The molecular weight excluding hydrogens is 373 g/mol. The summed E-state index contributed by atoms with van der Waals surface area (Å²) in [5, 5.41) is 0. The number of alkyl halides is 3. The number of rotatable bonds is 3. The first kappa shape index (κ1) is 20.6. The molecule has 1 heterocycles. The molecule has 1 spiro atoms. The van der Waals surface area contributed by atoms with Crippen molar-refractivity contribution < 1.29 is 27.5 Å². The molecule has 1 aromatic rings. The molecule has 2 fully saturated rings. The predicted octanol–water partition coefficient (Wildman–Crippen LogP) is 3.69. The number of hydrogen-bond acceptors (Lipinski definition) is 3. The minimum Gasteiger partial charge on any atom is -0.353 e. The summed E-state index contributed by atoms with van der Waals surface area (Å²) in [7, 11) is 1.64. The van der Waals surface area contributed by atoms with Gasteiger partial charge in [0.2, 0.25) is 5.91 Å². The van der Waals surface area contributed by atoms with E-state index in [-0.39, 0.29) is 18.1 Å². The van der Waals surface area contributed by atoms with Crippen molar-refractivity contribution in [3.63, 3.8) is 0 Å². The number of carbonyl (C=O) groups excluding carboxylic acids is 2. The maximum Gasteiger partial charge on any atom is 0.416 e. The Morgan fingerprint density at radius 2 is 1.93 bits per heavy atom. The van der Waals surface area contributed by atoms with Crippen molar-refractivity contribution in [3.05, 3.63) is 35.4 Å². The van der Waals surface area contributed by atoms with Crippen LogP contribution in [0.2, 0.25) is 0 Å². The van der Waals surface area contributed by atoms with Gasteiger partial charge in [-0.05, 0) is 50.8 Å². The number of hydrogen-bond donors (Lipinski definition) is 0. The summed E-state index contributed by atoms with van der Waals surface area (Å²) < 4.78 is 45.3. The molecule has 0 N–H and O–H groups in total. The van der Waals surface area contributed by atoms with Crippen LogP contribution in [0.4, 0.5) is 13.2 Å². The first-order valence-corrected chi connectivity index (χ1v) is 9.59. The standard InChI is InChI=1S/C20H25F3N2O3/c1-3-24(2)18(27)16-13-28-19(10-5-4-6-11-19)25(16)17(26)14-8-7-9-15(12-14)20(21,22)23/h7-9,12,16H,3-6,10-11,13H2,1-2H3/t16-/m1/s1.